The highest BCUT2D eigenvalue weighted by Gasteiger charge is 2.22. The van der Waals surface area contributed by atoms with Gasteiger partial charge in [0.1, 0.15) is 10.8 Å². The molecule has 134 valence electrons. The fourth-order valence-electron chi connectivity index (χ4n) is 2.25. The summed E-state index contributed by atoms with van der Waals surface area (Å²) in [7, 11) is 1.56. The van der Waals surface area contributed by atoms with Crippen LogP contribution < -0.4 is 4.90 Å². The van der Waals surface area contributed by atoms with Crippen LogP contribution >= 0.6 is 22.9 Å². The summed E-state index contributed by atoms with van der Waals surface area (Å²) in [5, 5.41) is 10.1. The first-order chi connectivity index (χ1) is 12.6. The number of nitrogens with zero attached hydrogens (tertiary/aromatic N) is 3. The Morgan fingerprint density at radius 3 is 2.50 bits per heavy atom. The van der Waals surface area contributed by atoms with Crippen molar-refractivity contribution in [3.8, 4) is 10.6 Å². The predicted octanol–water partition coefficient (Wildman–Crippen LogP) is 4.29. The molecule has 1 amide bonds. The number of carbonyl (C=O) groups is 1. The zero-order chi connectivity index (χ0) is 18.5. The minimum Gasteiger partial charge on any atom is -0.383 e. The molecule has 0 spiro atoms. The molecule has 8 heteroatoms. The third kappa shape index (κ3) is 4.24. The van der Waals surface area contributed by atoms with Gasteiger partial charge in [-0.1, -0.05) is 35.1 Å². The fourth-order valence-corrected chi connectivity index (χ4v) is 3.25. The summed E-state index contributed by atoms with van der Waals surface area (Å²) in [4.78, 5) is 14.3. The lowest BCUT2D eigenvalue weighted by atomic mass is 10.2. The van der Waals surface area contributed by atoms with Crippen LogP contribution in [0.25, 0.3) is 10.6 Å². The van der Waals surface area contributed by atoms with Crippen LogP contribution in [0.4, 0.5) is 9.52 Å². The molecule has 0 atom stereocenters. The normalized spacial score (nSPS) is 10.7. The molecule has 26 heavy (non-hydrogen) atoms. The molecule has 2 aromatic carbocycles. The SMILES string of the molecule is COCCN(C(=O)c1ccc(F)cc1)c1nnc(-c2ccc(Cl)cc2)s1. The molecule has 0 aliphatic heterocycles. The van der Waals surface area contributed by atoms with E-state index in [-0.39, 0.29) is 5.91 Å². The molecule has 0 bridgehead atoms. The van der Waals surface area contributed by atoms with Gasteiger partial charge in [0.2, 0.25) is 5.13 Å². The van der Waals surface area contributed by atoms with Gasteiger partial charge in [-0.3, -0.25) is 9.69 Å². The van der Waals surface area contributed by atoms with Gasteiger partial charge in [-0.2, -0.15) is 0 Å². The number of benzene rings is 2. The van der Waals surface area contributed by atoms with E-state index in [1.54, 1.807) is 19.2 Å². The third-order valence-electron chi connectivity index (χ3n) is 3.59. The summed E-state index contributed by atoms with van der Waals surface area (Å²) in [5.74, 6) is -0.688. The van der Waals surface area contributed by atoms with Crippen molar-refractivity contribution in [2.45, 2.75) is 0 Å². The van der Waals surface area contributed by atoms with E-state index in [9.17, 15) is 9.18 Å². The van der Waals surface area contributed by atoms with Crippen LogP contribution in [-0.2, 0) is 4.74 Å². The molecular formula is C18H15ClFN3O2S. The zero-order valence-corrected chi connectivity index (χ0v) is 15.4. The van der Waals surface area contributed by atoms with Crippen molar-refractivity contribution in [1.82, 2.24) is 10.2 Å². The van der Waals surface area contributed by atoms with E-state index in [1.807, 2.05) is 12.1 Å². The Morgan fingerprint density at radius 1 is 1.15 bits per heavy atom. The summed E-state index contributed by atoms with van der Waals surface area (Å²) in [5.41, 5.74) is 1.23. The molecule has 0 aliphatic rings. The van der Waals surface area contributed by atoms with E-state index in [0.29, 0.717) is 33.9 Å². The minimum absolute atomic E-state index is 0.291. The minimum atomic E-state index is -0.397. The van der Waals surface area contributed by atoms with E-state index < -0.39 is 5.82 Å². The molecule has 0 radical (unpaired) electrons. The number of methoxy groups -OCH3 is 1. The van der Waals surface area contributed by atoms with Gasteiger partial charge >= 0.3 is 0 Å². The van der Waals surface area contributed by atoms with Gasteiger partial charge in [-0.15, -0.1) is 10.2 Å². The molecule has 0 N–H and O–H groups in total. The number of hydrogen-bond acceptors (Lipinski definition) is 5. The van der Waals surface area contributed by atoms with Crippen LogP contribution in [0.3, 0.4) is 0 Å². The van der Waals surface area contributed by atoms with Crippen molar-refractivity contribution >= 4 is 34.0 Å². The van der Waals surface area contributed by atoms with E-state index in [1.165, 1.54) is 40.5 Å². The van der Waals surface area contributed by atoms with Gasteiger partial charge in [0.05, 0.1) is 13.2 Å². The maximum atomic E-state index is 13.1. The Labute approximate surface area is 159 Å². The molecule has 0 fully saturated rings. The molecule has 0 aliphatic carbocycles. The van der Waals surface area contributed by atoms with Crippen molar-refractivity contribution < 1.29 is 13.9 Å². The summed E-state index contributed by atoms with van der Waals surface area (Å²) in [6.45, 7) is 0.644. The van der Waals surface area contributed by atoms with Gasteiger partial charge in [0.25, 0.3) is 5.91 Å². The zero-order valence-electron chi connectivity index (χ0n) is 13.9. The highest BCUT2D eigenvalue weighted by molar-refractivity contribution is 7.18. The number of rotatable bonds is 6. The predicted molar refractivity (Wildman–Crippen MR) is 100 cm³/mol. The summed E-state index contributed by atoms with van der Waals surface area (Å²) in [6, 6.07) is 12.6. The van der Waals surface area contributed by atoms with Gasteiger partial charge in [0, 0.05) is 23.3 Å². The molecule has 0 saturated carbocycles. The average Bonchev–Trinajstić information content (AvgIpc) is 3.13. The van der Waals surface area contributed by atoms with E-state index in [0.717, 1.165) is 5.56 Å². The third-order valence-corrected chi connectivity index (χ3v) is 4.84. The lowest BCUT2D eigenvalue weighted by Gasteiger charge is -2.18. The van der Waals surface area contributed by atoms with Crippen LogP contribution in [0.15, 0.2) is 48.5 Å². The first-order valence-corrected chi connectivity index (χ1v) is 8.94. The summed E-state index contributed by atoms with van der Waals surface area (Å²) in [6.07, 6.45) is 0. The number of halogens is 2. The Hall–Kier alpha value is -2.35. The number of ether oxygens (including phenoxy) is 1. The molecule has 0 unspecified atom stereocenters. The topological polar surface area (TPSA) is 55.3 Å². The second-order valence-electron chi connectivity index (χ2n) is 5.35. The van der Waals surface area contributed by atoms with Gasteiger partial charge < -0.3 is 4.74 Å². The Balaban J connectivity index is 1.89. The monoisotopic (exact) mass is 391 g/mol. The lowest BCUT2D eigenvalue weighted by molar-refractivity contribution is 0.0975. The number of hydrogen-bond donors (Lipinski definition) is 0. The maximum Gasteiger partial charge on any atom is 0.260 e. The Bertz CT molecular complexity index is 884. The molecular weight excluding hydrogens is 377 g/mol. The van der Waals surface area contributed by atoms with Crippen LogP contribution in [0.2, 0.25) is 5.02 Å². The average molecular weight is 392 g/mol. The largest absolute Gasteiger partial charge is 0.383 e. The number of amides is 1. The van der Waals surface area contributed by atoms with Crippen LogP contribution in [-0.4, -0.2) is 36.4 Å². The molecule has 1 aromatic heterocycles. The quantitative estimate of drug-likeness (QED) is 0.629. The highest BCUT2D eigenvalue weighted by Crippen LogP contribution is 2.30. The van der Waals surface area contributed by atoms with Gasteiger partial charge in [-0.25, -0.2) is 4.39 Å². The van der Waals surface area contributed by atoms with Gasteiger partial charge in [-0.05, 0) is 36.4 Å². The van der Waals surface area contributed by atoms with Crippen molar-refractivity contribution in [1.29, 1.82) is 0 Å². The molecule has 5 nitrogen and oxygen atoms in total. The molecule has 1 heterocycles. The van der Waals surface area contributed by atoms with E-state index >= 15 is 0 Å². The van der Waals surface area contributed by atoms with Crippen LogP contribution in [0.5, 0.6) is 0 Å². The maximum absolute atomic E-state index is 13.1. The Morgan fingerprint density at radius 2 is 1.85 bits per heavy atom. The Kier molecular flexibility index (Phi) is 5.92. The van der Waals surface area contributed by atoms with Gasteiger partial charge in [0.15, 0.2) is 0 Å². The second-order valence-corrected chi connectivity index (χ2v) is 6.75. The van der Waals surface area contributed by atoms with Crippen LogP contribution in [0.1, 0.15) is 10.4 Å². The first kappa shape index (κ1) is 18.4. The fraction of sp³-hybridized carbons (Fsp3) is 0.167. The summed E-state index contributed by atoms with van der Waals surface area (Å²) < 4.78 is 18.2. The van der Waals surface area contributed by atoms with Crippen molar-refractivity contribution in [3.63, 3.8) is 0 Å². The van der Waals surface area contributed by atoms with E-state index in [2.05, 4.69) is 10.2 Å². The second kappa shape index (κ2) is 8.35. The first-order valence-electron chi connectivity index (χ1n) is 7.74. The number of anilines is 1. The number of aromatic nitrogens is 2. The highest BCUT2D eigenvalue weighted by atomic mass is 35.5. The van der Waals surface area contributed by atoms with Crippen molar-refractivity contribution in [2.75, 3.05) is 25.2 Å². The standard InChI is InChI=1S/C18H15ClFN3O2S/c1-25-11-10-23(17(24)13-4-8-15(20)9-5-13)18-22-21-16(26-18)12-2-6-14(19)7-3-12/h2-9H,10-11H2,1H3. The van der Waals surface area contributed by atoms with E-state index in [4.69, 9.17) is 16.3 Å². The van der Waals surface area contributed by atoms with Crippen molar-refractivity contribution in [3.05, 3.63) is 64.9 Å². The summed E-state index contributed by atoms with van der Waals surface area (Å²) >= 11 is 7.19. The number of carbonyl (C=O) groups excluding carboxylic acids is 1. The smallest absolute Gasteiger partial charge is 0.260 e. The molecule has 3 rings (SSSR count). The lowest BCUT2D eigenvalue weighted by Crippen LogP contribution is -2.33. The molecule has 0 saturated heterocycles. The van der Waals surface area contributed by atoms with Crippen LogP contribution in [0, 0.1) is 5.82 Å². The molecule has 3 aromatic rings. The van der Waals surface area contributed by atoms with Crippen molar-refractivity contribution in [2.24, 2.45) is 0 Å².